The molecule has 0 unspecified atom stereocenters. The third-order valence-corrected chi connectivity index (χ3v) is 5.99. The third-order valence-electron chi connectivity index (χ3n) is 4.52. The van der Waals surface area contributed by atoms with Gasteiger partial charge in [-0.15, -0.1) is 10.2 Å². The monoisotopic (exact) mass is 484 g/mol. The van der Waals surface area contributed by atoms with E-state index in [1.165, 1.54) is 18.9 Å². The van der Waals surface area contributed by atoms with E-state index >= 15 is 0 Å². The number of hydrogen-bond donors (Lipinski definition) is 1. The van der Waals surface area contributed by atoms with Crippen LogP contribution in [0.5, 0.6) is 5.75 Å². The lowest BCUT2D eigenvalue weighted by Crippen LogP contribution is -2.14. The first-order valence-corrected chi connectivity index (χ1v) is 11.3. The van der Waals surface area contributed by atoms with Crippen LogP contribution in [0.2, 0.25) is 10.0 Å². The average Bonchev–Trinajstić information content (AvgIpc) is 3.23. The van der Waals surface area contributed by atoms with Crippen molar-refractivity contribution in [3.63, 3.8) is 0 Å². The van der Waals surface area contributed by atoms with Crippen LogP contribution in [-0.4, -0.2) is 33.5 Å². The Morgan fingerprint density at radius 3 is 2.47 bits per heavy atom. The van der Waals surface area contributed by atoms with E-state index in [4.69, 9.17) is 27.9 Å². The number of hydrogen-bond acceptors (Lipinski definition) is 5. The van der Waals surface area contributed by atoms with E-state index < -0.39 is 0 Å². The van der Waals surface area contributed by atoms with Gasteiger partial charge in [0.2, 0.25) is 5.91 Å². The van der Waals surface area contributed by atoms with Crippen LogP contribution in [0.4, 0.5) is 5.69 Å². The van der Waals surface area contributed by atoms with Gasteiger partial charge in [0, 0.05) is 22.0 Å². The minimum atomic E-state index is -0.188. The van der Waals surface area contributed by atoms with Gasteiger partial charge in [-0.3, -0.25) is 9.36 Å². The third kappa shape index (κ3) is 5.07. The zero-order valence-electron chi connectivity index (χ0n) is 17.0. The van der Waals surface area contributed by atoms with Gasteiger partial charge >= 0.3 is 0 Å². The molecule has 0 bridgehead atoms. The molecule has 0 atom stereocenters. The summed E-state index contributed by atoms with van der Waals surface area (Å²) in [6, 6.07) is 22.2. The average molecular weight is 485 g/mol. The molecule has 1 aromatic heterocycles. The molecule has 4 rings (SSSR count). The summed E-state index contributed by atoms with van der Waals surface area (Å²) in [5, 5.41) is 13.2. The number of halogens is 2. The highest BCUT2D eigenvalue weighted by molar-refractivity contribution is 7.99. The van der Waals surface area contributed by atoms with E-state index in [1.807, 2.05) is 47.0 Å². The number of amides is 1. The van der Waals surface area contributed by atoms with Gasteiger partial charge in [-0.2, -0.15) is 0 Å². The van der Waals surface area contributed by atoms with E-state index in [1.54, 1.807) is 30.3 Å². The predicted molar refractivity (Wildman–Crippen MR) is 129 cm³/mol. The summed E-state index contributed by atoms with van der Waals surface area (Å²) < 4.78 is 7.06. The first-order valence-electron chi connectivity index (χ1n) is 9.58. The van der Waals surface area contributed by atoms with E-state index in [0.29, 0.717) is 32.5 Å². The molecule has 162 valence electrons. The summed E-state index contributed by atoms with van der Waals surface area (Å²) >= 11 is 13.5. The quantitative estimate of drug-likeness (QED) is 0.326. The molecule has 6 nitrogen and oxygen atoms in total. The first-order chi connectivity index (χ1) is 15.5. The standard InChI is InChI=1S/C23H18Cl2N4O2S/c1-31-20-12-11-17(13-19(20)25)26-21(30)14-32-23-28-27-22(15-7-9-16(24)10-8-15)29(23)18-5-3-2-4-6-18/h2-13H,14H2,1H3,(H,26,30). The zero-order chi connectivity index (χ0) is 22.5. The Labute approximate surface area is 199 Å². The molecule has 0 fully saturated rings. The van der Waals surface area contributed by atoms with Crippen molar-refractivity contribution in [3.8, 4) is 22.8 Å². The fraction of sp³-hybridized carbons (Fsp3) is 0.0870. The van der Waals surface area contributed by atoms with E-state index in [-0.39, 0.29) is 11.7 Å². The van der Waals surface area contributed by atoms with E-state index in [9.17, 15) is 4.79 Å². The lowest BCUT2D eigenvalue weighted by molar-refractivity contribution is -0.113. The summed E-state index contributed by atoms with van der Waals surface area (Å²) in [6.45, 7) is 0. The molecule has 0 saturated heterocycles. The Hall–Kier alpha value is -3.00. The van der Waals surface area contributed by atoms with E-state index in [0.717, 1.165) is 11.3 Å². The van der Waals surface area contributed by atoms with Crippen LogP contribution in [0.3, 0.4) is 0 Å². The highest BCUT2D eigenvalue weighted by Gasteiger charge is 2.17. The molecule has 3 aromatic carbocycles. The fourth-order valence-electron chi connectivity index (χ4n) is 3.03. The molecule has 0 radical (unpaired) electrons. The molecule has 4 aromatic rings. The van der Waals surface area contributed by atoms with Crippen molar-refractivity contribution >= 4 is 46.6 Å². The van der Waals surface area contributed by atoms with Crippen molar-refractivity contribution < 1.29 is 9.53 Å². The Morgan fingerprint density at radius 2 is 1.78 bits per heavy atom. The number of thioether (sulfide) groups is 1. The largest absolute Gasteiger partial charge is 0.495 e. The molecular weight excluding hydrogens is 467 g/mol. The zero-order valence-corrected chi connectivity index (χ0v) is 19.3. The van der Waals surface area contributed by atoms with Gasteiger partial charge in [0.1, 0.15) is 5.75 Å². The predicted octanol–water partition coefficient (Wildman–Crippen LogP) is 5.98. The van der Waals surface area contributed by atoms with Gasteiger partial charge in [-0.1, -0.05) is 53.2 Å². The topological polar surface area (TPSA) is 69.0 Å². The smallest absolute Gasteiger partial charge is 0.234 e. The molecule has 32 heavy (non-hydrogen) atoms. The van der Waals surface area contributed by atoms with Crippen molar-refractivity contribution in [1.29, 1.82) is 0 Å². The number of para-hydroxylation sites is 1. The van der Waals surface area contributed by atoms with Crippen LogP contribution in [0.15, 0.2) is 78.0 Å². The molecule has 1 heterocycles. The molecule has 0 aliphatic rings. The van der Waals surface area contributed by atoms with Crippen molar-refractivity contribution in [2.24, 2.45) is 0 Å². The van der Waals surface area contributed by atoms with Crippen LogP contribution in [0.25, 0.3) is 17.1 Å². The number of nitrogens with zero attached hydrogens (tertiary/aromatic N) is 3. The minimum absolute atomic E-state index is 0.148. The Bertz CT molecular complexity index is 1230. The fourth-order valence-corrected chi connectivity index (χ4v) is 4.17. The number of nitrogens with one attached hydrogen (secondary N) is 1. The SMILES string of the molecule is COc1ccc(NC(=O)CSc2nnc(-c3ccc(Cl)cc3)n2-c2ccccc2)cc1Cl. The highest BCUT2D eigenvalue weighted by atomic mass is 35.5. The first kappa shape index (κ1) is 22.2. The minimum Gasteiger partial charge on any atom is -0.495 e. The molecule has 0 spiro atoms. The van der Waals surface area contributed by atoms with Crippen LogP contribution < -0.4 is 10.1 Å². The van der Waals surface area contributed by atoms with Crippen LogP contribution in [0.1, 0.15) is 0 Å². The number of carbonyl (C=O) groups excluding carboxylic acids is 1. The summed E-state index contributed by atoms with van der Waals surface area (Å²) in [5.41, 5.74) is 2.36. The summed E-state index contributed by atoms with van der Waals surface area (Å²) in [4.78, 5) is 12.5. The van der Waals surface area contributed by atoms with Crippen LogP contribution >= 0.6 is 35.0 Å². The Morgan fingerprint density at radius 1 is 1.03 bits per heavy atom. The molecule has 0 saturated carbocycles. The summed E-state index contributed by atoms with van der Waals surface area (Å²) in [5.74, 6) is 1.17. The summed E-state index contributed by atoms with van der Waals surface area (Å²) in [7, 11) is 1.54. The second kappa shape index (κ2) is 10.1. The number of methoxy groups -OCH3 is 1. The van der Waals surface area contributed by atoms with Gasteiger partial charge in [-0.05, 0) is 54.6 Å². The second-order valence-electron chi connectivity index (χ2n) is 6.67. The molecule has 9 heteroatoms. The summed E-state index contributed by atoms with van der Waals surface area (Å²) in [6.07, 6.45) is 0. The van der Waals surface area contributed by atoms with Gasteiger partial charge in [0.25, 0.3) is 0 Å². The number of benzene rings is 3. The maximum absolute atomic E-state index is 12.5. The van der Waals surface area contributed by atoms with Crippen molar-refractivity contribution in [3.05, 3.63) is 82.8 Å². The van der Waals surface area contributed by atoms with Gasteiger partial charge in [0.05, 0.1) is 17.9 Å². The molecule has 1 N–H and O–H groups in total. The molecule has 0 aliphatic carbocycles. The Kier molecular flexibility index (Phi) is 6.99. The normalized spacial score (nSPS) is 10.7. The van der Waals surface area contributed by atoms with Gasteiger partial charge in [-0.25, -0.2) is 0 Å². The van der Waals surface area contributed by atoms with Crippen LogP contribution in [0, 0.1) is 0 Å². The number of carbonyl (C=O) groups is 1. The lowest BCUT2D eigenvalue weighted by Gasteiger charge is -2.11. The lowest BCUT2D eigenvalue weighted by atomic mass is 10.2. The molecule has 1 amide bonds. The number of rotatable bonds is 7. The number of aromatic nitrogens is 3. The highest BCUT2D eigenvalue weighted by Crippen LogP contribution is 2.30. The molecular formula is C23H18Cl2N4O2S. The van der Waals surface area contributed by atoms with Crippen molar-refractivity contribution in [2.75, 3.05) is 18.2 Å². The van der Waals surface area contributed by atoms with Gasteiger partial charge < -0.3 is 10.1 Å². The maximum Gasteiger partial charge on any atom is 0.234 e. The van der Waals surface area contributed by atoms with Gasteiger partial charge in [0.15, 0.2) is 11.0 Å². The van der Waals surface area contributed by atoms with E-state index in [2.05, 4.69) is 15.5 Å². The van der Waals surface area contributed by atoms with Crippen molar-refractivity contribution in [2.45, 2.75) is 5.16 Å². The molecule has 0 aliphatic heterocycles. The second-order valence-corrected chi connectivity index (χ2v) is 8.46. The van der Waals surface area contributed by atoms with Crippen molar-refractivity contribution in [1.82, 2.24) is 14.8 Å². The maximum atomic E-state index is 12.5. The number of ether oxygens (including phenoxy) is 1. The van der Waals surface area contributed by atoms with Crippen LogP contribution in [-0.2, 0) is 4.79 Å². The number of anilines is 1. The Balaban J connectivity index is 1.55.